The monoisotopic (exact) mass is 424 g/mol. The third-order valence-electron chi connectivity index (χ3n) is 3.37. The van der Waals surface area contributed by atoms with Gasteiger partial charge in [-0.2, -0.15) is 0 Å². The molecule has 0 saturated heterocycles. The number of hydrogen-bond donors (Lipinski definition) is 0. The van der Waals surface area contributed by atoms with Gasteiger partial charge in [0, 0.05) is 21.9 Å². The van der Waals surface area contributed by atoms with E-state index in [1.807, 2.05) is 0 Å². The minimum Gasteiger partial charge on any atom is -0.465 e. The molecular weight excluding hydrogens is 412 g/mol. The number of esters is 2. The van der Waals surface area contributed by atoms with E-state index >= 15 is 0 Å². The Labute approximate surface area is 165 Å². The van der Waals surface area contributed by atoms with Crippen LogP contribution in [0.15, 0.2) is 46.2 Å². The molecule has 0 heterocycles. The predicted octanol–water partition coefficient (Wildman–Crippen LogP) is 3.88. The van der Waals surface area contributed by atoms with Crippen LogP contribution in [0.3, 0.4) is 0 Å². The molecule has 2 aromatic rings. The fourth-order valence-corrected chi connectivity index (χ4v) is 4.07. The lowest BCUT2D eigenvalue weighted by Crippen LogP contribution is -2.05. The number of ether oxygens (including phenoxy) is 2. The number of carbonyl (C=O) groups is 2. The highest BCUT2D eigenvalue weighted by atomic mass is 33.1. The van der Waals surface area contributed by atoms with Gasteiger partial charge in [0.1, 0.15) is 11.1 Å². The lowest BCUT2D eigenvalue weighted by atomic mass is 10.2. The topological polar surface area (TPSA) is 139 Å². The molecule has 0 radical (unpaired) electrons. The number of nitro groups is 2. The molecule has 0 amide bonds. The highest BCUT2D eigenvalue weighted by molar-refractivity contribution is 8.76. The van der Waals surface area contributed by atoms with Gasteiger partial charge < -0.3 is 9.47 Å². The third-order valence-corrected chi connectivity index (χ3v) is 5.75. The van der Waals surface area contributed by atoms with E-state index in [-0.39, 0.29) is 22.5 Å². The Balaban J connectivity index is 2.29. The van der Waals surface area contributed by atoms with E-state index in [1.54, 1.807) is 0 Å². The molecule has 0 aliphatic carbocycles. The first kappa shape index (κ1) is 21.2. The standard InChI is InChI=1S/C16H12N2O8S2/c1-25-15(19)11-7-9(3-5-13(11)17(21)22)27-28-10-4-6-14(18(23)24)12(8-10)16(20)26-2/h3-8H,1-2H3. The Bertz CT molecular complexity index is 886. The smallest absolute Gasteiger partial charge is 0.344 e. The van der Waals surface area contributed by atoms with Crippen LogP contribution in [0.25, 0.3) is 0 Å². The fourth-order valence-electron chi connectivity index (χ4n) is 2.10. The van der Waals surface area contributed by atoms with Crippen molar-refractivity contribution in [3.05, 3.63) is 67.8 Å². The summed E-state index contributed by atoms with van der Waals surface area (Å²) in [4.78, 5) is 45.2. The van der Waals surface area contributed by atoms with Crippen LogP contribution in [0.4, 0.5) is 11.4 Å². The third kappa shape index (κ3) is 4.78. The number of rotatable bonds is 7. The number of carbonyl (C=O) groups excluding carboxylic acids is 2. The van der Waals surface area contributed by atoms with Crippen molar-refractivity contribution in [2.75, 3.05) is 14.2 Å². The fraction of sp³-hybridized carbons (Fsp3) is 0.125. The van der Waals surface area contributed by atoms with Gasteiger partial charge in [-0.05, 0) is 24.3 Å². The van der Waals surface area contributed by atoms with Crippen molar-refractivity contribution < 1.29 is 28.9 Å². The van der Waals surface area contributed by atoms with Gasteiger partial charge in [-0.3, -0.25) is 20.2 Å². The quantitative estimate of drug-likeness (QED) is 0.278. The average Bonchev–Trinajstić information content (AvgIpc) is 2.70. The molecule has 28 heavy (non-hydrogen) atoms. The Hall–Kier alpha value is -3.12. The highest BCUT2D eigenvalue weighted by Crippen LogP contribution is 2.40. The number of nitrogens with zero attached hydrogens (tertiary/aromatic N) is 2. The molecule has 0 atom stereocenters. The van der Waals surface area contributed by atoms with Crippen LogP contribution >= 0.6 is 21.6 Å². The van der Waals surface area contributed by atoms with Crippen molar-refractivity contribution in [1.29, 1.82) is 0 Å². The first-order valence-corrected chi connectivity index (χ1v) is 9.51. The van der Waals surface area contributed by atoms with Crippen molar-refractivity contribution >= 4 is 44.9 Å². The van der Waals surface area contributed by atoms with E-state index in [0.717, 1.165) is 35.8 Å². The lowest BCUT2D eigenvalue weighted by molar-refractivity contribution is -0.385. The Kier molecular flexibility index (Phi) is 6.95. The van der Waals surface area contributed by atoms with Gasteiger partial charge in [0.2, 0.25) is 0 Å². The van der Waals surface area contributed by atoms with Crippen molar-refractivity contribution in [2.24, 2.45) is 0 Å². The first-order valence-electron chi connectivity index (χ1n) is 7.36. The zero-order valence-corrected chi connectivity index (χ0v) is 16.1. The Morgan fingerprint density at radius 3 is 1.43 bits per heavy atom. The molecular formula is C16H12N2O8S2. The summed E-state index contributed by atoms with van der Waals surface area (Å²) >= 11 is 0. The van der Waals surface area contributed by atoms with Crippen LogP contribution in [0.1, 0.15) is 20.7 Å². The number of hydrogen-bond acceptors (Lipinski definition) is 10. The van der Waals surface area contributed by atoms with Crippen LogP contribution in [-0.4, -0.2) is 36.0 Å². The molecule has 0 aromatic heterocycles. The maximum atomic E-state index is 11.8. The molecule has 10 nitrogen and oxygen atoms in total. The van der Waals surface area contributed by atoms with Crippen molar-refractivity contribution in [1.82, 2.24) is 0 Å². The SMILES string of the molecule is COC(=O)c1cc(SSc2ccc([N+](=O)[O-])c(C(=O)OC)c2)ccc1[N+](=O)[O-]. The summed E-state index contributed by atoms with van der Waals surface area (Å²) in [7, 11) is 4.52. The van der Waals surface area contributed by atoms with E-state index in [9.17, 15) is 29.8 Å². The summed E-state index contributed by atoms with van der Waals surface area (Å²) < 4.78 is 9.12. The normalized spacial score (nSPS) is 10.2. The van der Waals surface area contributed by atoms with E-state index < -0.39 is 21.8 Å². The van der Waals surface area contributed by atoms with Crippen molar-refractivity contribution in [3.8, 4) is 0 Å². The molecule has 146 valence electrons. The van der Waals surface area contributed by atoms with Crippen LogP contribution in [0.2, 0.25) is 0 Å². The van der Waals surface area contributed by atoms with Gasteiger partial charge in [0.15, 0.2) is 0 Å². The van der Waals surface area contributed by atoms with Gasteiger partial charge >= 0.3 is 11.9 Å². The summed E-state index contributed by atoms with van der Waals surface area (Å²) in [6.07, 6.45) is 0. The largest absolute Gasteiger partial charge is 0.465 e. The predicted molar refractivity (Wildman–Crippen MR) is 101 cm³/mol. The number of nitro benzene ring substituents is 2. The second kappa shape index (κ2) is 9.19. The second-order valence-electron chi connectivity index (χ2n) is 5.02. The van der Waals surface area contributed by atoms with Crippen LogP contribution in [0, 0.1) is 20.2 Å². The molecule has 0 bridgehead atoms. The molecule has 0 saturated carbocycles. The van der Waals surface area contributed by atoms with Gasteiger partial charge in [0.25, 0.3) is 11.4 Å². The number of methoxy groups -OCH3 is 2. The van der Waals surface area contributed by atoms with Gasteiger partial charge in [-0.25, -0.2) is 9.59 Å². The molecule has 0 unspecified atom stereocenters. The van der Waals surface area contributed by atoms with Crippen LogP contribution in [0.5, 0.6) is 0 Å². The van der Waals surface area contributed by atoms with E-state index in [1.165, 1.54) is 36.4 Å². The molecule has 12 heteroatoms. The van der Waals surface area contributed by atoms with Crippen LogP contribution in [-0.2, 0) is 9.47 Å². The van der Waals surface area contributed by atoms with Crippen LogP contribution < -0.4 is 0 Å². The molecule has 2 aromatic carbocycles. The number of benzene rings is 2. The molecule has 0 aliphatic heterocycles. The van der Waals surface area contributed by atoms with Crippen molar-refractivity contribution in [3.63, 3.8) is 0 Å². The maximum absolute atomic E-state index is 11.8. The minimum absolute atomic E-state index is 0.197. The molecule has 0 fully saturated rings. The van der Waals surface area contributed by atoms with Gasteiger partial charge in [-0.1, -0.05) is 21.6 Å². The summed E-state index contributed by atoms with van der Waals surface area (Å²) in [5.41, 5.74) is -1.16. The summed E-state index contributed by atoms with van der Waals surface area (Å²) in [6.45, 7) is 0. The summed E-state index contributed by atoms with van der Waals surface area (Å²) in [5.74, 6) is -1.69. The zero-order valence-electron chi connectivity index (χ0n) is 14.4. The summed E-state index contributed by atoms with van der Waals surface area (Å²) in [5, 5.41) is 22.1. The van der Waals surface area contributed by atoms with Gasteiger partial charge in [0.05, 0.1) is 24.1 Å². The summed E-state index contributed by atoms with van der Waals surface area (Å²) in [6, 6.07) is 7.90. The lowest BCUT2D eigenvalue weighted by Gasteiger charge is -2.06. The maximum Gasteiger partial charge on any atom is 0.344 e. The highest BCUT2D eigenvalue weighted by Gasteiger charge is 2.23. The van der Waals surface area contributed by atoms with E-state index in [0.29, 0.717) is 9.79 Å². The average molecular weight is 424 g/mol. The molecule has 0 N–H and O–H groups in total. The second-order valence-corrected chi connectivity index (χ2v) is 7.30. The van der Waals surface area contributed by atoms with E-state index in [4.69, 9.17) is 0 Å². The minimum atomic E-state index is -0.845. The van der Waals surface area contributed by atoms with Gasteiger partial charge in [-0.15, -0.1) is 0 Å². The molecule has 0 spiro atoms. The van der Waals surface area contributed by atoms with Crippen molar-refractivity contribution in [2.45, 2.75) is 9.79 Å². The molecule has 2 rings (SSSR count). The zero-order chi connectivity index (χ0) is 20.8. The first-order chi connectivity index (χ1) is 13.3. The Morgan fingerprint density at radius 1 is 0.786 bits per heavy atom. The van der Waals surface area contributed by atoms with E-state index in [2.05, 4.69) is 9.47 Å². The Morgan fingerprint density at radius 2 is 1.14 bits per heavy atom. The molecule has 0 aliphatic rings.